The second-order valence-electron chi connectivity index (χ2n) is 5.38. The van der Waals surface area contributed by atoms with Crippen LogP contribution in [0, 0.1) is 0 Å². The van der Waals surface area contributed by atoms with Crippen molar-refractivity contribution in [3.05, 3.63) is 35.7 Å². The van der Waals surface area contributed by atoms with Crippen LogP contribution in [-0.2, 0) is 9.59 Å². The molecule has 5 N–H and O–H groups in total. The monoisotopic (exact) mass is 379 g/mol. The number of H-pyrrole nitrogens is 2. The summed E-state index contributed by atoms with van der Waals surface area (Å²) in [5.41, 5.74) is 6.66. The van der Waals surface area contributed by atoms with E-state index in [0.717, 1.165) is 0 Å². The molecular formula is C13H13N7O3S2. The molecule has 0 bridgehead atoms. The number of aliphatic carboxylic acids is 1. The lowest BCUT2D eigenvalue weighted by molar-refractivity contribution is -0.148. The highest BCUT2D eigenvalue weighted by atomic mass is 32.2. The van der Waals surface area contributed by atoms with Crippen molar-refractivity contribution in [2.75, 3.05) is 5.75 Å². The van der Waals surface area contributed by atoms with Crippen LogP contribution in [0.2, 0.25) is 0 Å². The van der Waals surface area contributed by atoms with Crippen molar-refractivity contribution in [3.8, 4) is 0 Å². The first-order valence-corrected chi connectivity index (χ1v) is 9.19. The van der Waals surface area contributed by atoms with Gasteiger partial charge < -0.3 is 15.8 Å². The van der Waals surface area contributed by atoms with Gasteiger partial charge in [-0.1, -0.05) is 11.8 Å². The zero-order valence-electron chi connectivity index (χ0n) is 12.6. The number of fused-ring (bicyclic) bond motifs is 1. The Morgan fingerprint density at radius 2 is 2.36 bits per heavy atom. The quantitative estimate of drug-likeness (QED) is 0.413. The number of nitrogens with two attached hydrogens (primary N) is 1. The van der Waals surface area contributed by atoms with E-state index in [1.165, 1.54) is 34.6 Å². The molecule has 130 valence electrons. The Kier molecular flexibility index (Phi) is 4.01. The molecule has 2 aliphatic rings. The average molecular weight is 379 g/mol. The molecule has 0 radical (unpaired) electrons. The minimum absolute atomic E-state index is 0.0416. The lowest BCUT2D eigenvalue weighted by atomic mass is 9.94. The topological polar surface area (TPSA) is 154 Å². The second-order valence-corrected chi connectivity index (χ2v) is 7.64. The number of carboxylic acid groups (broad SMARTS) is 1. The first-order valence-electron chi connectivity index (χ1n) is 7.26. The average Bonchev–Trinajstić information content (AvgIpc) is 3.26. The van der Waals surface area contributed by atoms with Crippen LogP contribution < -0.4 is 5.73 Å². The predicted molar refractivity (Wildman–Crippen MR) is 89.3 cm³/mol. The smallest absolute Gasteiger partial charge is 0.352 e. The predicted octanol–water partition coefficient (Wildman–Crippen LogP) is -0.0577. The Morgan fingerprint density at radius 1 is 1.52 bits per heavy atom. The Balaban J connectivity index is 1.64. The van der Waals surface area contributed by atoms with Gasteiger partial charge in [0, 0.05) is 18.1 Å². The summed E-state index contributed by atoms with van der Waals surface area (Å²) in [6.45, 7) is 0. The highest BCUT2D eigenvalue weighted by molar-refractivity contribution is 8.01. The zero-order valence-corrected chi connectivity index (χ0v) is 14.3. The number of carbonyl (C=O) groups is 2. The Morgan fingerprint density at radius 3 is 3.00 bits per heavy atom. The summed E-state index contributed by atoms with van der Waals surface area (Å²) in [4.78, 5) is 32.7. The van der Waals surface area contributed by atoms with Crippen molar-refractivity contribution < 1.29 is 14.7 Å². The van der Waals surface area contributed by atoms with Crippen molar-refractivity contribution in [1.29, 1.82) is 0 Å². The van der Waals surface area contributed by atoms with Crippen LogP contribution in [0.1, 0.15) is 11.7 Å². The third-order valence-corrected chi connectivity index (χ3v) is 6.29. The van der Waals surface area contributed by atoms with Crippen LogP contribution in [0.15, 0.2) is 34.9 Å². The number of imidazole rings is 1. The van der Waals surface area contributed by atoms with E-state index in [9.17, 15) is 14.7 Å². The highest BCUT2D eigenvalue weighted by Crippen LogP contribution is 2.49. The van der Waals surface area contributed by atoms with E-state index >= 15 is 0 Å². The third kappa shape index (κ3) is 2.62. The molecule has 1 amide bonds. The van der Waals surface area contributed by atoms with Gasteiger partial charge >= 0.3 is 5.97 Å². The zero-order chi connectivity index (χ0) is 17.6. The fourth-order valence-corrected chi connectivity index (χ4v) is 5.22. The third-order valence-electron chi connectivity index (χ3n) is 4.00. The molecule has 1 saturated heterocycles. The van der Waals surface area contributed by atoms with Gasteiger partial charge in [-0.05, 0) is 5.57 Å². The molecular weight excluding hydrogens is 366 g/mol. The minimum Gasteiger partial charge on any atom is -0.477 e. The number of nitrogens with one attached hydrogen (secondary N) is 2. The van der Waals surface area contributed by atoms with Crippen molar-refractivity contribution >= 4 is 35.4 Å². The number of aromatic nitrogens is 5. The van der Waals surface area contributed by atoms with Crippen molar-refractivity contribution in [3.63, 3.8) is 0 Å². The lowest BCUT2D eigenvalue weighted by Crippen LogP contribution is -2.62. The Labute approximate surface area is 149 Å². The summed E-state index contributed by atoms with van der Waals surface area (Å²) in [7, 11) is 0. The van der Waals surface area contributed by atoms with Gasteiger partial charge in [0.1, 0.15) is 27.8 Å². The van der Waals surface area contributed by atoms with Crippen molar-refractivity contribution in [2.45, 2.75) is 21.7 Å². The van der Waals surface area contributed by atoms with E-state index in [0.29, 0.717) is 22.2 Å². The van der Waals surface area contributed by atoms with Crippen LogP contribution in [-0.4, -0.2) is 63.8 Å². The number of aromatic amines is 2. The maximum atomic E-state index is 12.6. The van der Waals surface area contributed by atoms with Crippen molar-refractivity contribution in [1.82, 2.24) is 30.3 Å². The van der Waals surface area contributed by atoms with Gasteiger partial charge in [0.25, 0.3) is 0 Å². The summed E-state index contributed by atoms with van der Waals surface area (Å²) in [6, 6.07) is 0. The van der Waals surface area contributed by atoms with Crippen LogP contribution >= 0.6 is 23.5 Å². The molecule has 2 aromatic heterocycles. The molecule has 12 heteroatoms. The van der Waals surface area contributed by atoms with E-state index in [-0.39, 0.29) is 17.0 Å². The molecule has 0 spiro atoms. The Hall–Kier alpha value is -2.31. The molecule has 0 aromatic carbocycles. The number of rotatable bonds is 5. The molecule has 2 aromatic rings. The van der Waals surface area contributed by atoms with E-state index in [1.54, 1.807) is 12.4 Å². The van der Waals surface area contributed by atoms with Gasteiger partial charge in [0.15, 0.2) is 0 Å². The number of β-lactam (4-membered cyclic amide) rings is 1. The first-order chi connectivity index (χ1) is 12.1. The Bertz CT molecular complexity index is 836. The van der Waals surface area contributed by atoms with E-state index in [2.05, 4.69) is 25.4 Å². The maximum Gasteiger partial charge on any atom is 0.352 e. The molecule has 0 saturated carbocycles. The molecule has 0 aliphatic carbocycles. The maximum absolute atomic E-state index is 12.6. The normalized spacial score (nSPS) is 25.7. The largest absolute Gasteiger partial charge is 0.477 e. The van der Waals surface area contributed by atoms with E-state index in [1.807, 2.05) is 0 Å². The van der Waals surface area contributed by atoms with Gasteiger partial charge in [0.05, 0.1) is 11.6 Å². The second kappa shape index (κ2) is 6.20. The summed E-state index contributed by atoms with van der Waals surface area (Å²) in [6.07, 6.45) is 4.73. The fraction of sp³-hybridized carbons (Fsp3) is 0.308. The molecule has 4 heterocycles. The van der Waals surface area contributed by atoms with Crippen LogP contribution in [0.3, 0.4) is 0 Å². The number of nitrogens with zero attached hydrogens (tertiary/aromatic N) is 4. The molecule has 2 unspecified atom stereocenters. The molecule has 2 aliphatic heterocycles. The van der Waals surface area contributed by atoms with E-state index in [4.69, 9.17) is 5.73 Å². The minimum atomic E-state index is -1.16. The summed E-state index contributed by atoms with van der Waals surface area (Å²) in [5, 5.41) is 19.5. The molecule has 10 nitrogen and oxygen atoms in total. The number of hydrogen-bond acceptors (Lipinski definition) is 8. The molecule has 25 heavy (non-hydrogen) atoms. The standard InChI is InChI=1S/C13H13N7O3S2/c14-9-5(4-24-6-3-17-19-18-6)8(13(22)23)20-11(21)7(12(20)25-9)10-15-1-2-16-10/h1-3,7,9,12H,4,14H2,(H,15,16)(H,22,23)(H,17,18,19)/t7?,9?,12-/m1/s1. The number of carboxylic acids is 1. The van der Waals surface area contributed by atoms with Crippen LogP contribution in [0.5, 0.6) is 0 Å². The number of hydrogen-bond donors (Lipinski definition) is 4. The molecule has 1 fully saturated rings. The molecule has 4 rings (SSSR count). The van der Waals surface area contributed by atoms with Gasteiger partial charge in [-0.3, -0.25) is 9.69 Å². The first kappa shape index (κ1) is 16.2. The summed E-state index contributed by atoms with van der Waals surface area (Å²) < 4.78 is 0. The summed E-state index contributed by atoms with van der Waals surface area (Å²) >= 11 is 2.67. The molecule has 3 atom stereocenters. The number of amides is 1. The van der Waals surface area contributed by atoms with Gasteiger partial charge in [-0.15, -0.1) is 16.9 Å². The summed E-state index contributed by atoms with van der Waals surface area (Å²) in [5.74, 6) is -1.13. The number of thioether (sulfide) groups is 2. The van der Waals surface area contributed by atoms with Crippen LogP contribution in [0.4, 0.5) is 0 Å². The fourth-order valence-electron chi connectivity index (χ4n) is 2.87. The van der Waals surface area contributed by atoms with Gasteiger partial charge in [-0.2, -0.15) is 10.3 Å². The van der Waals surface area contributed by atoms with Gasteiger partial charge in [0.2, 0.25) is 5.91 Å². The lowest BCUT2D eigenvalue weighted by Gasteiger charge is -2.50. The van der Waals surface area contributed by atoms with Gasteiger partial charge in [-0.25, -0.2) is 9.78 Å². The van der Waals surface area contributed by atoms with Crippen molar-refractivity contribution in [2.24, 2.45) is 5.73 Å². The number of carbonyl (C=O) groups excluding carboxylic acids is 1. The SMILES string of the molecule is NC1S[C@@H]2C(c3ncc[nH]3)C(=O)N2C(C(=O)O)=C1CSc1cn[nH]n1. The highest BCUT2D eigenvalue weighted by Gasteiger charge is 2.56. The van der Waals surface area contributed by atoms with Crippen LogP contribution in [0.25, 0.3) is 0 Å². The van der Waals surface area contributed by atoms with E-state index < -0.39 is 17.3 Å².